The highest BCUT2D eigenvalue weighted by Crippen LogP contribution is 2.31. The van der Waals surface area contributed by atoms with Gasteiger partial charge in [-0.25, -0.2) is 0 Å². The molecular weight excluding hydrogens is 274 g/mol. The number of benzene rings is 1. The van der Waals surface area contributed by atoms with Crippen molar-refractivity contribution < 1.29 is 8.42 Å². The van der Waals surface area contributed by atoms with Crippen molar-refractivity contribution in [2.45, 2.75) is 32.6 Å². The van der Waals surface area contributed by atoms with E-state index in [2.05, 4.69) is 6.92 Å². The van der Waals surface area contributed by atoms with Crippen molar-refractivity contribution in [3.63, 3.8) is 0 Å². The summed E-state index contributed by atoms with van der Waals surface area (Å²) in [6.45, 7) is 3.15. The fourth-order valence-electron chi connectivity index (χ4n) is 2.49. The van der Waals surface area contributed by atoms with Gasteiger partial charge in [-0.15, -0.1) is 0 Å². The molecule has 0 aliphatic carbocycles. The summed E-state index contributed by atoms with van der Waals surface area (Å²) in [7, 11) is -1.79. The van der Waals surface area contributed by atoms with Crippen LogP contribution < -0.4 is 10.0 Å². The summed E-state index contributed by atoms with van der Waals surface area (Å²) in [4.78, 5) is 0. The number of rotatable bonds is 5. The third-order valence-electron chi connectivity index (χ3n) is 3.68. The van der Waals surface area contributed by atoms with E-state index in [9.17, 15) is 8.42 Å². The van der Waals surface area contributed by atoms with Crippen molar-refractivity contribution in [1.82, 2.24) is 4.31 Å². The number of nitrogens with zero attached hydrogens (tertiary/aromatic N) is 2. The Kier molecular flexibility index (Phi) is 4.55. The maximum absolute atomic E-state index is 12.7. The smallest absolute Gasteiger partial charge is 0.303 e. The molecular formula is C14H23N3O2S. The van der Waals surface area contributed by atoms with Gasteiger partial charge in [-0.05, 0) is 43.0 Å². The summed E-state index contributed by atoms with van der Waals surface area (Å²) >= 11 is 0. The molecule has 1 heterocycles. The molecule has 5 nitrogen and oxygen atoms in total. The molecule has 0 spiro atoms. The van der Waals surface area contributed by atoms with Crippen LogP contribution in [0.2, 0.25) is 0 Å². The molecule has 1 aliphatic rings. The molecule has 1 aliphatic heterocycles. The highest BCUT2D eigenvalue weighted by atomic mass is 32.2. The SMILES string of the molecule is CCCCN(C)S(=O)(=O)N1CCCc2cc(N)ccc21. The summed E-state index contributed by atoms with van der Waals surface area (Å²) < 4.78 is 28.3. The number of hydrogen-bond acceptors (Lipinski definition) is 3. The minimum atomic E-state index is -3.43. The molecule has 0 fully saturated rings. The van der Waals surface area contributed by atoms with Crippen LogP contribution in [0.15, 0.2) is 18.2 Å². The summed E-state index contributed by atoms with van der Waals surface area (Å²) in [6.07, 6.45) is 3.56. The molecule has 0 aromatic heterocycles. The van der Waals surface area contributed by atoms with Crippen LogP contribution in [-0.4, -0.2) is 32.9 Å². The normalized spacial score (nSPS) is 15.4. The van der Waals surface area contributed by atoms with Crippen molar-refractivity contribution in [2.75, 3.05) is 30.2 Å². The molecule has 2 N–H and O–H groups in total. The molecule has 6 heteroatoms. The molecule has 0 amide bonds. The molecule has 112 valence electrons. The first kappa shape index (κ1) is 15.1. The molecule has 1 aromatic carbocycles. The first-order valence-corrected chi connectivity index (χ1v) is 8.49. The van der Waals surface area contributed by atoms with Crippen molar-refractivity contribution >= 4 is 21.6 Å². The first-order chi connectivity index (χ1) is 9.46. The summed E-state index contributed by atoms with van der Waals surface area (Å²) in [5, 5.41) is 0. The lowest BCUT2D eigenvalue weighted by Crippen LogP contribution is -2.44. The van der Waals surface area contributed by atoms with Gasteiger partial charge in [-0.3, -0.25) is 4.31 Å². The molecule has 0 atom stereocenters. The second kappa shape index (κ2) is 6.01. The quantitative estimate of drug-likeness (QED) is 0.845. The monoisotopic (exact) mass is 297 g/mol. The molecule has 0 saturated heterocycles. The van der Waals surface area contributed by atoms with Gasteiger partial charge in [0.25, 0.3) is 0 Å². The van der Waals surface area contributed by atoms with Crippen LogP contribution in [0.5, 0.6) is 0 Å². The standard InChI is InChI=1S/C14H23N3O2S/c1-3-4-9-16(2)20(18,19)17-10-5-6-12-11-13(15)7-8-14(12)17/h7-8,11H,3-6,9-10,15H2,1-2H3. The van der Waals surface area contributed by atoms with Crippen molar-refractivity contribution in [3.8, 4) is 0 Å². The van der Waals surface area contributed by atoms with E-state index in [0.717, 1.165) is 36.9 Å². The van der Waals surface area contributed by atoms with E-state index in [4.69, 9.17) is 5.73 Å². The van der Waals surface area contributed by atoms with Crippen molar-refractivity contribution in [2.24, 2.45) is 0 Å². The summed E-state index contributed by atoms with van der Waals surface area (Å²) in [5.41, 5.74) is 8.26. The fourth-order valence-corrected chi connectivity index (χ4v) is 3.97. The maximum atomic E-state index is 12.7. The zero-order chi connectivity index (χ0) is 14.8. The largest absolute Gasteiger partial charge is 0.399 e. The van der Waals surface area contributed by atoms with Crippen LogP contribution in [0.25, 0.3) is 0 Å². The fraction of sp³-hybridized carbons (Fsp3) is 0.571. The Morgan fingerprint density at radius 1 is 1.40 bits per heavy atom. The zero-order valence-electron chi connectivity index (χ0n) is 12.2. The Labute approximate surface area is 121 Å². The van der Waals surface area contributed by atoms with Crippen LogP contribution in [0.4, 0.5) is 11.4 Å². The first-order valence-electron chi connectivity index (χ1n) is 7.09. The molecule has 0 saturated carbocycles. The number of unbranched alkanes of at least 4 members (excludes halogenated alkanes) is 1. The molecule has 0 radical (unpaired) electrons. The van der Waals surface area contributed by atoms with E-state index in [0.29, 0.717) is 18.8 Å². The van der Waals surface area contributed by atoms with Gasteiger partial charge in [0.2, 0.25) is 0 Å². The predicted molar refractivity (Wildman–Crippen MR) is 83.0 cm³/mol. The molecule has 2 rings (SSSR count). The number of anilines is 2. The van der Waals surface area contributed by atoms with E-state index in [-0.39, 0.29) is 0 Å². The van der Waals surface area contributed by atoms with Crippen molar-refractivity contribution in [3.05, 3.63) is 23.8 Å². The maximum Gasteiger partial charge on any atom is 0.303 e. The van der Waals surface area contributed by atoms with E-state index in [1.807, 2.05) is 12.1 Å². The van der Waals surface area contributed by atoms with Crippen LogP contribution >= 0.6 is 0 Å². The third-order valence-corrected chi connectivity index (χ3v) is 5.59. The van der Waals surface area contributed by atoms with Gasteiger partial charge in [0.15, 0.2) is 0 Å². The second-order valence-electron chi connectivity index (χ2n) is 5.25. The Balaban J connectivity index is 2.30. The third kappa shape index (κ3) is 2.91. The molecule has 1 aromatic rings. The molecule has 0 bridgehead atoms. The van der Waals surface area contributed by atoms with E-state index >= 15 is 0 Å². The van der Waals surface area contributed by atoms with Crippen LogP contribution in [0.1, 0.15) is 31.7 Å². The minimum Gasteiger partial charge on any atom is -0.399 e. The van der Waals surface area contributed by atoms with Crippen LogP contribution in [0, 0.1) is 0 Å². The number of aryl methyl sites for hydroxylation is 1. The topological polar surface area (TPSA) is 66.6 Å². The van der Waals surface area contributed by atoms with Gasteiger partial charge >= 0.3 is 10.2 Å². The van der Waals surface area contributed by atoms with Gasteiger partial charge in [-0.2, -0.15) is 12.7 Å². The Morgan fingerprint density at radius 3 is 2.85 bits per heavy atom. The second-order valence-corrected chi connectivity index (χ2v) is 7.21. The molecule has 20 heavy (non-hydrogen) atoms. The minimum absolute atomic E-state index is 0.537. The number of fused-ring (bicyclic) bond motifs is 1. The Morgan fingerprint density at radius 2 is 2.15 bits per heavy atom. The highest BCUT2D eigenvalue weighted by Gasteiger charge is 2.30. The number of nitrogen functional groups attached to an aromatic ring is 1. The predicted octanol–water partition coefficient (Wildman–Crippen LogP) is 2.00. The van der Waals surface area contributed by atoms with Gasteiger partial charge in [0.05, 0.1) is 5.69 Å². The number of hydrogen-bond donors (Lipinski definition) is 1. The lowest BCUT2D eigenvalue weighted by atomic mass is 10.0. The lowest BCUT2D eigenvalue weighted by Gasteiger charge is -2.33. The average molecular weight is 297 g/mol. The van der Waals surface area contributed by atoms with Crippen molar-refractivity contribution in [1.29, 1.82) is 0 Å². The van der Waals surface area contributed by atoms with Gasteiger partial charge in [0.1, 0.15) is 0 Å². The number of nitrogens with two attached hydrogens (primary N) is 1. The van der Waals surface area contributed by atoms with Crippen LogP contribution in [-0.2, 0) is 16.6 Å². The van der Waals surface area contributed by atoms with Gasteiger partial charge in [0, 0.05) is 25.8 Å². The zero-order valence-corrected chi connectivity index (χ0v) is 13.0. The Hall–Kier alpha value is -1.27. The van der Waals surface area contributed by atoms with Gasteiger partial charge < -0.3 is 5.73 Å². The van der Waals surface area contributed by atoms with E-state index < -0.39 is 10.2 Å². The lowest BCUT2D eigenvalue weighted by molar-refractivity contribution is 0.454. The van der Waals surface area contributed by atoms with E-state index in [1.165, 1.54) is 8.61 Å². The van der Waals surface area contributed by atoms with Crippen LogP contribution in [0.3, 0.4) is 0 Å². The molecule has 0 unspecified atom stereocenters. The van der Waals surface area contributed by atoms with E-state index in [1.54, 1.807) is 13.1 Å². The van der Waals surface area contributed by atoms with Gasteiger partial charge in [-0.1, -0.05) is 13.3 Å². The average Bonchev–Trinajstić information content (AvgIpc) is 2.43. The summed E-state index contributed by atoms with van der Waals surface area (Å²) in [6, 6.07) is 5.46. The summed E-state index contributed by atoms with van der Waals surface area (Å²) in [5.74, 6) is 0. The Bertz CT molecular complexity index is 572. The highest BCUT2D eigenvalue weighted by molar-refractivity contribution is 7.90.